The summed E-state index contributed by atoms with van der Waals surface area (Å²) in [5.74, 6) is 1.42. The van der Waals surface area contributed by atoms with Crippen LogP contribution in [-0.2, 0) is 0 Å². The molecule has 1 aliphatic carbocycles. The van der Waals surface area contributed by atoms with Gasteiger partial charge in [0, 0.05) is 12.0 Å². The molecule has 1 aromatic carbocycles. The van der Waals surface area contributed by atoms with Gasteiger partial charge in [0.05, 0.1) is 0 Å². The molecule has 0 radical (unpaired) electrons. The van der Waals surface area contributed by atoms with E-state index in [0.29, 0.717) is 17.6 Å². The van der Waals surface area contributed by atoms with Crippen LogP contribution < -0.4 is 0 Å². The zero-order chi connectivity index (χ0) is 11.7. The molecule has 0 aliphatic heterocycles. The Bertz CT molecular complexity index is 406. The van der Waals surface area contributed by atoms with Crippen LogP contribution in [0.15, 0.2) is 18.2 Å². The third-order valence-electron chi connectivity index (χ3n) is 3.89. The van der Waals surface area contributed by atoms with Crippen molar-refractivity contribution in [3.05, 3.63) is 34.9 Å². The number of Topliss-reactive ketones (excluding diaryl/α,β-unsaturated/α-hetero) is 1. The lowest BCUT2D eigenvalue weighted by Gasteiger charge is -2.22. The maximum atomic E-state index is 11.9. The second kappa shape index (κ2) is 4.40. The summed E-state index contributed by atoms with van der Waals surface area (Å²) >= 11 is 0. The number of benzene rings is 1. The van der Waals surface area contributed by atoms with Crippen LogP contribution in [0.25, 0.3) is 0 Å². The first kappa shape index (κ1) is 11.4. The van der Waals surface area contributed by atoms with E-state index in [4.69, 9.17) is 0 Å². The summed E-state index contributed by atoms with van der Waals surface area (Å²) in [6, 6.07) is 6.49. The number of carbonyl (C=O) groups excluding carboxylic acids is 1. The van der Waals surface area contributed by atoms with Crippen molar-refractivity contribution < 1.29 is 4.79 Å². The molecule has 16 heavy (non-hydrogen) atoms. The molecule has 0 aromatic heterocycles. The van der Waals surface area contributed by atoms with E-state index in [1.807, 2.05) is 0 Å². The van der Waals surface area contributed by atoms with Gasteiger partial charge in [-0.05, 0) is 41.9 Å². The minimum Gasteiger partial charge on any atom is -0.294 e. The molecule has 86 valence electrons. The minimum atomic E-state index is 0.332. The van der Waals surface area contributed by atoms with Crippen LogP contribution in [-0.4, -0.2) is 5.78 Å². The van der Waals surface area contributed by atoms with Gasteiger partial charge in [-0.15, -0.1) is 0 Å². The molecule has 1 heteroatoms. The number of rotatable bonds is 2. The second-order valence-electron chi connectivity index (χ2n) is 5.02. The smallest absolute Gasteiger partial charge is 0.163 e. The first-order valence-electron chi connectivity index (χ1n) is 6.30. The lowest BCUT2D eigenvalue weighted by Crippen LogP contribution is -2.14. The second-order valence-corrected chi connectivity index (χ2v) is 5.02. The summed E-state index contributed by atoms with van der Waals surface area (Å²) in [5.41, 5.74) is 3.54. The van der Waals surface area contributed by atoms with Crippen LogP contribution in [0.3, 0.4) is 0 Å². The van der Waals surface area contributed by atoms with Gasteiger partial charge in [-0.3, -0.25) is 4.79 Å². The van der Waals surface area contributed by atoms with E-state index in [0.717, 1.165) is 24.8 Å². The highest BCUT2D eigenvalue weighted by molar-refractivity contribution is 5.99. The fraction of sp³-hybridized carbons (Fsp3) is 0.533. The fourth-order valence-corrected chi connectivity index (χ4v) is 2.43. The highest BCUT2D eigenvalue weighted by Crippen LogP contribution is 2.33. The highest BCUT2D eigenvalue weighted by atomic mass is 16.1. The maximum absolute atomic E-state index is 11.9. The topological polar surface area (TPSA) is 17.1 Å². The molecule has 1 aliphatic rings. The van der Waals surface area contributed by atoms with Crippen molar-refractivity contribution in [1.82, 2.24) is 0 Å². The highest BCUT2D eigenvalue weighted by Gasteiger charge is 2.23. The summed E-state index contributed by atoms with van der Waals surface area (Å²) in [4.78, 5) is 11.9. The molecule has 0 bridgehead atoms. The van der Waals surface area contributed by atoms with E-state index in [1.165, 1.54) is 11.1 Å². The van der Waals surface area contributed by atoms with Gasteiger partial charge in [-0.2, -0.15) is 0 Å². The molecule has 2 rings (SSSR count). The molecule has 0 saturated heterocycles. The summed E-state index contributed by atoms with van der Waals surface area (Å²) in [6.07, 6.45) is 2.86. The molecule has 1 aromatic rings. The molecule has 2 unspecified atom stereocenters. The van der Waals surface area contributed by atoms with Crippen molar-refractivity contribution in [1.29, 1.82) is 0 Å². The minimum absolute atomic E-state index is 0.332. The van der Waals surface area contributed by atoms with Gasteiger partial charge in [-0.1, -0.05) is 32.9 Å². The van der Waals surface area contributed by atoms with Crippen molar-refractivity contribution in [2.75, 3.05) is 0 Å². The van der Waals surface area contributed by atoms with Gasteiger partial charge < -0.3 is 0 Å². The predicted molar refractivity (Wildman–Crippen MR) is 67.1 cm³/mol. The van der Waals surface area contributed by atoms with Gasteiger partial charge in [-0.25, -0.2) is 0 Å². The Hall–Kier alpha value is -1.11. The number of hydrogen-bond donors (Lipinski definition) is 0. The average Bonchev–Trinajstić information content (AvgIpc) is 2.32. The maximum Gasteiger partial charge on any atom is 0.163 e. The Kier molecular flexibility index (Phi) is 3.13. The Labute approximate surface area is 97.9 Å². The average molecular weight is 216 g/mol. The third-order valence-corrected chi connectivity index (χ3v) is 3.89. The van der Waals surface area contributed by atoms with Crippen molar-refractivity contribution >= 4 is 5.78 Å². The number of carbonyl (C=O) groups is 1. The van der Waals surface area contributed by atoms with E-state index in [1.54, 1.807) is 0 Å². The molecule has 0 saturated carbocycles. The molecule has 0 amide bonds. The zero-order valence-electron chi connectivity index (χ0n) is 10.4. The van der Waals surface area contributed by atoms with Crippen molar-refractivity contribution in [2.24, 2.45) is 0 Å². The van der Waals surface area contributed by atoms with Crippen molar-refractivity contribution in [3.63, 3.8) is 0 Å². The lowest BCUT2D eigenvalue weighted by atomic mass is 9.81. The molecule has 0 fully saturated rings. The van der Waals surface area contributed by atoms with E-state index in [-0.39, 0.29) is 0 Å². The molecule has 0 N–H and O–H groups in total. The molecular weight excluding hydrogens is 196 g/mol. The van der Waals surface area contributed by atoms with Gasteiger partial charge in [0.15, 0.2) is 5.78 Å². The number of hydrogen-bond acceptors (Lipinski definition) is 1. The van der Waals surface area contributed by atoms with Crippen LogP contribution in [0, 0.1) is 0 Å². The van der Waals surface area contributed by atoms with Crippen molar-refractivity contribution in [3.8, 4) is 0 Å². The van der Waals surface area contributed by atoms with E-state index >= 15 is 0 Å². The first-order chi connectivity index (χ1) is 7.63. The molecular formula is C15H20O. The van der Waals surface area contributed by atoms with Gasteiger partial charge in [0.1, 0.15) is 0 Å². The lowest BCUT2D eigenvalue weighted by molar-refractivity contribution is 0.0968. The predicted octanol–water partition coefficient (Wildman–Crippen LogP) is 4.28. The van der Waals surface area contributed by atoms with Gasteiger partial charge >= 0.3 is 0 Å². The monoisotopic (exact) mass is 216 g/mol. The molecule has 0 spiro atoms. The van der Waals surface area contributed by atoms with Gasteiger partial charge in [0.2, 0.25) is 0 Å². The summed E-state index contributed by atoms with van der Waals surface area (Å²) in [7, 11) is 0. The summed E-state index contributed by atoms with van der Waals surface area (Å²) in [5, 5.41) is 0. The van der Waals surface area contributed by atoms with Crippen molar-refractivity contribution in [2.45, 2.75) is 51.9 Å². The first-order valence-corrected chi connectivity index (χ1v) is 6.30. The third kappa shape index (κ3) is 1.91. The van der Waals surface area contributed by atoms with E-state index in [9.17, 15) is 4.79 Å². The quantitative estimate of drug-likeness (QED) is 0.721. The van der Waals surface area contributed by atoms with Crippen LogP contribution in [0.1, 0.15) is 73.4 Å². The summed E-state index contributed by atoms with van der Waals surface area (Å²) < 4.78 is 0. The summed E-state index contributed by atoms with van der Waals surface area (Å²) in [6.45, 7) is 6.63. The van der Waals surface area contributed by atoms with E-state index < -0.39 is 0 Å². The number of ketones is 1. The SMILES string of the molecule is CCC(C)c1ccc2c(c1)C(=O)CCC2C. The molecule has 1 nitrogen and oxygen atoms in total. The fourth-order valence-electron chi connectivity index (χ4n) is 2.43. The Balaban J connectivity index is 2.44. The van der Waals surface area contributed by atoms with Crippen LogP contribution >= 0.6 is 0 Å². The Morgan fingerprint density at radius 3 is 2.88 bits per heavy atom. The standard InChI is InChI=1S/C15H20O/c1-4-10(2)12-6-7-13-11(3)5-8-15(16)14(13)9-12/h6-7,9-11H,4-5,8H2,1-3H3. The Morgan fingerprint density at radius 1 is 1.44 bits per heavy atom. The van der Waals surface area contributed by atoms with Crippen LogP contribution in [0.4, 0.5) is 0 Å². The van der Waals surface area contributed by atoms with Crippen LogP contribution in [0.5, 0.6) is 0 Å². The van der Waals surface area contributed by atoms with Crippen LogP contribution in [0.2, 0.25) is 0 Å². The molecule has 2 atom stereocenters. The zero-order valence-corrected chi connectivity index (χ0v) is 10.4. The number of fused-ring (bicyclic) bond motifs is 1. The normalized spacial score (nSPS) is 21.7. The van der Waals surface area contributed by atoms with E-state index in [2.05, 4.69) is 39.0 Å². The molecule has 0 heterocycles. The Morgan fingerprint density at radius 2 is 2.19 bits per heavy atom. The van der Waals surface area contributed by atoms with Gasteiger partial charge in [0.25, 0.3) is 0 Å². The largest absolute Gasteiger partial charge is 0.294 e.